The number of esters is 2. The summed E-state index contributed by atoms with van der Waals surface area (Å²) >= 11 is 2.39. The molecule has 0 amide bonds. The van der Waals surface area contributed by atoms with E-state index in [-0.39, 0.29) is 23.8 Å². The molecule has 1 aliphatic heterocycles. The van der Waals surface area contributed by atoms with E-state index < -0.39 is 22.7 Å². The Hall–Kier alpha value is -1.51. The Labute approximate surface area is 136 Å². The fourth-order valence-corrected chi connectivity index (χ4v) is 4.59. The molecule has 120 valence electrons. The van der Waals surface area contributed by atoms with E-state index in [1.807, 2.05) is 11.4 Å². The predicted molar refractivity (Wildman–Crippen MR) is 86.0 cm³/mol. The number of thioether (sulfide) groups is 1. The lowest BCUT2D eigenvalue weighted by molar-refractivity contribution is -0.146. The zero-order valence-electron chi connectivity index (χ0n) is 12.3. The van der Waals surface area contributed by atoms with Crippen LogP contribution in [0.5, 0.6) is 0 Å². The van der Waals surface area contributed by atoms with Crippen LogP contribution in [-0.4, -0.2) is 31.2 Å². The van der Waals surface area contributed by atoms with E-state index in [0.717, 1.165) is 11.8 Å². The summed E-state index contributed by atoms with van der Waals surface area (Å²) in [5.41, 5.74) is 12.4. The molecule has 2 atom stereocenters. The summed E-state index contributed by atoms with van der Waals surface area (Å²) < 4.78 is 8.95. The summed E-state index contributed by atoms with van der Waals surface area (Å²) in [4.78, 5) is 25.5. The largest absolute Gasteiger partial charge is 0.465 e. The van der Waals surface area contributed by atoms with Crippen LogP contribution in [-0.2, 0) is 23.8 Å². The second-order valence-electron chi connectivity index (χ2n) is 4.52. The fraction of sp³-hybridized carbons (Fsp3) is 0.429. The van der Waals surface area contributed by atoms with E-state index in [9.17, 15) is 9.59 Å². The Bertz CT molecular complexity index is 600. The van der Waals surface area contributed by atoms with Gasteiger partial charge in [-0.05, 0) is 25.3 Å². The normalized spacial score (nSPS) is 24.4. The average molecular weight is 342 g/mol. The van der Waals surface area contributed by atoms with Crippen molar-refractivity contribution in [2.45, 2.75) is 24.6 Å². The van der Waals surface area contributed by atoms with E-state index in [2.05, 4.69) is 0 Å². The van der Waals surface area contributed by atoms with Gasteiger partial charge in [0.2, 0.25) is 0 Å². The van der Waals surface area contributed by atoms with Gasteiger partial charge in [-0.3, -0.25) is 4.79 Å². The number of hydrogen-bond acceptors (Lipinski definition) is 8. The minimum absolute atomic E-state index is 0.157. The van der Waals surface area contributed by atoms with Crippen LogP contribution in [0.25, 0.3) is 0 Å². The fourth-order valence-electron chi connectivity index (χ4n) is 2.20. The number of rotatable bonds is 5. The van der Waals surface area contributed by atoms with E-state index in [4.69, 9.17) is 20.9 Å². The van der Waals surface area contributed by atoms with Crippen molar-refractivity contribution in [3.05, 3.63) is 33.0 Å². The van der Waals surface area contributed by atoms with Crippen LogP contribution in [0.15, 0.2) is 28.1 Å². The molecule has 1 aromatic heterocycles. The zero-order chi connectivity index (χ0) is 16.3. The first kappa shape index (κ1) is 16.9. The molecule has 2 rings (SSSR count). The molecule has 0 aromatic carbocycles. The molecule has 6 nitrogen and oxygen atoms in total. The van der Waals surface area contributed by atoms with Gasteiger partial charge in [0.05, 0.1) is 19.3 Å². The third-order valence-electron chi connectivity index (χ3n) is 3.23. The molecule has 4 N–H and O–H groups in total. The molecule has 2 heterocycles. The second kappa shape index (κ2) is 6.72. The zero-order valence-corrected chi connectivity index (χ0v) is 14.0. The summed E-state index contributed by atoms with van der Waals surface area (Å²) in [6.07, 6.45) is 0. The first-order chi connectivity index (χ1) is 10.5. The molecule has 0 saturated heterocycles. The highest BCUT2D eigenvalue weighted by Crippen LogP contribution is 2.53. The number of nitrogens with two attached hydrogens (primary N) is 2. The van der Waals surface area contributed by atoms with Gasteiger partial charge in [0, 0.05) is 10.6 Å². The highest BCUT2D eigenvalue weighted by Gasteiger charge is 2.56. The molecule has 0 spiro atoms. The molecule has 22 heavy (non-hydrogen) atoms. The minimum atomic E-state index is -1.24. The van der Waals surface area contributed by atoms with Crippen molar-refractivity contribution in [2.24, 2.45) is 11.5 Å². The lowest BCUT2D eigenvalue weighted by Gasteiger charge is -2.29. The highest BCUT2D eigenvalue weighted by atomic mass is 32.2. The number of thiophene rings is 1. The minimum Gasteiger partial charge on any atom is -0.465 e. The van der Waals surface area contributed by atoms with Gasteiger partial charge in [-0.1, -0.05) is 17.8 Å². The van der Waals surface area contributed by atoms with Gasteiger partial charge in [-0.25, -0.2) is 4.79 Å². The molecule has 0 radical (unpaired) electrons. The summed E-state index contributed by atoms with van der Waals surface area (Å²) in [6, 6.07) is 2.75. The first-order valence-electron chi connectivity index (χ1n) is 6.81. The number of carbonyl (C=O) groups excluding carboxylic acids is 2. The van der Waals surface area contributed by atoms with Crippen molar-refractivity contribution in [1.82, 2.24) is 0 Å². The predicted octanol–water partition coefficient (Wildman–Crippen LogP) is 1.31. The Morgan fingerprint density at radius 2 is 2.00 bits per heavy atom. The van der Waals surface area contributed by atoms with Crippen LogP contribution >= 0.6 is 23.1 Å². The summed E-state index contributed by atoms with van der Waals surface area (Å²) in [6.45, 7) is 3.85. The molecular weight excluding hydrogens is 324 g/mol. The molecule has 0 saturated carbocycles. The van der Waals surface area contributed by atoms with Gasteiger partial charge in [0.25, 0.3) is 0 Å². The molecule has 2 unspecified atom stereocenters. The highest BCUT2D eigenvalue weighted by molar-refractivity contribution is 8.06. The van der Waals surface area contributed by atoms with Crippen LogP contribution in [0, 0.1) is 0 Å². The number of hydrogen-bond donors (Lipinski definition) is 2. The number of ether oxygens (including phenoxy) is 2. The van der Waals surface area contributed by atoms with E-state index in [1.54, 1.807) is 19.9 Å². The Morgan fingerprint density at radius 3 is 2.55 bits per heavy atom. The third-order valence-corrected chi connectivity index (χ3v) is 5.93. The van der Waals surface area contributed by atoms with Crippen molar-refractivity contribution in [3.63, 3.8) is 0 Å². The summed E-state index contributed by atoms with van der Waals surface area (Å²) in [5.74, 6) is -1.07. The number of carbonyl (C=O) groups is 2. The van der Waals surface area contributed by atoms with E-state index >= 15 is 0 Å². The molecular formula is C14H18N2O4S2. The Morgan fingerprint density at radius 1 is 1.32 bits per heavy atom. The maximum Gasteiger partial charge on any atom is 0.346 e. The lowest BCUT2D eigenvalue weighted by Crippen LogP contribution is -2.49. The van der Waals surface area contributed by atoms with Crippen molar-refractivity contribution in [3.8, 4) is 0 Å². The Kier molecular flexibility index (Phi) is 5.15. The smallest absolute Gasteiger partial charge is 0.346 e. The standard InChI is InChI=1S/C14H18N2O4S2/c1-3-19-12(17)10-9(15)11(16)14(22-10,13(18)20-4-2)8-6-5-7-21-8/h5-7,11H,3-4,15-16H2,1-2H3. The maximum atomic E-state index is 12.6. The molecule has 1 aliphatic rings. The van der Waals surface area contributed by atoms with Gasteiger partial charge in [0.15, 0.2) is 4.75 Å². The summed E-state index contributed by atoms with van der Waals surface area (Å²) in [5, 5.41) is 1.84. The average Bonchev–Trinajstić information content (AvgIpc) is 3.09. The second-order valence-corrected chi connectivity index (χ2v) is 6.72. The van der Waals surface area contributed by atoms with E-state index in [1.165, 1.54) is 11.3 Å². The van der Waals surface area contributed by atoms with E-state index in [0.29, 0.717) is 4.88 Å². The topological polar surface area (TPSA) is 105 Å². The summed E-state index contributed by atoms with van der Waals surface area (Å²) in [7, 11) is 0. The molecule has 8 heteroatoms. The van der Waals surface area contributed by atoms with Gasteiger partial charge < -0.3 is 20.9 Å². The molecule has 0 fully saturated rings. The SMILES string of the molecule is CCOC(=O)C1=C(N)C(N)C(C(=O)OCC)(c2cccs2)S1. The van der Waals surface area contributed by atoms with Gasteiger partial charge >= 0.3 is 11.9 Å². The van der Waals surface area contributed by atoms with Crippen molar-refractivity contribution < 1.29 is 19.1 Å². The van der Waals surface area contributed by atoms with Crippen LogP contribution < -0.4 is 11.5 Å². The molecule has 1 aromatic rings. The third kappa shape index (κ3) is 2.62. The van der Waals surface area contributed by atoms with Crippen molar-refractivity contribution in [2.75, 3.05) is 13.2 Å². The van der Waals surface area contributed by atoms with Gasteiger partial charge in [0.1, 0.15) is 4.91 Å². The monoisotopic (exact) mass is 342 g/mol. The first-order valence-corrected chi connectivity index (χ1v) is 8.51. The van der Waals surface area contributed by atoms with Crippen LogP contribution in [0.4, 0.5) is 0 Å². The van der Waals surface area contributed by atoms with Crippen molar-refractivity contribution >= 4 is 35.0 Å². The molecule has 0 aliphatic carbocycles. The van der Waals surface area contributed by atoms with Gasteiger partial charge in [-0.15, -0.1) is 11.3 Å². The lowest BCUT2D eigenvalue weighted by atomic mass is 9.95. The molecule has 0 bridgehead atoms. The Balaban J connectivity index is 2.46. The van der Waals surface area contributed by atoms with Crippen LogP contribution in [0.1, 0.15) is 18.7 Å². The van der Waals surface area contributed by atoms with Gasteiger partial charge in [-0.2, -0.15) is 0 Å². The quantitative estimate of drug-likeness (QED) is 0.777. The maximum absolute atomic E-state index is 12.6. The van der Waals surface area contributed by atoms with Crippen LogP contribution in [0.3, 0.4) is 0 Å². The van der Waals surface area contributed by atoms with Crippen LogP contribution in [0.2, 0.25) is 0 Å². The van der Waals surface area contributed by atoms with Crippen molar-refractivity contribution in [1.29, 1.82) is 0 Å².